The third-order valence-electron chi connectivity index (χ3n) is 12.2. The molecule has 0 aromatic rings. The van der Waals surface area contributed by atoms with Crippen LogP contribution in [-0.2, 0) is 8.85 Å². The Morgan fingerprint density at radius 1 is 0.449 bits per heavy atom. The first-order valence-electron chi connectivity index (χ1n) is 21.4. The van der Waals surface area contributed by atoms with E-state index in [9.17, 15) is 5.11 Å². The first-order valence-corrected chi connectivity index (χ1v) is 27.2. The third kappa shape index (κ3) is 23.5. The molecule has 6 heteroatoms. The highest BCUT2D eigenvalue weighted by molar-refractivity contribution is 6.74. The number of hydrogen-bond donors (Lipinski definition) is 1. The molecule has 0 unspecified atom stereocenters. The molecule has 0 aliphatic rings. The fourth-order valence-electron chi connectivity index (χ4n) is 6.56. The lowest BCUT2D eigenvalue weighted by Crippen LogP contribution is -2.40. The molecule has 0 amide bonds. The van der Waals surface area contributed by atoms with Gasteiger partial charge in [0.15, 0.2) is 16.6 Å². The van der Waals surface area contributed by atoms with E-state index >= 15 is 0 Å². The van der Waals surface area contributed by atoms with Crippen molar-refractivity contribution in [3.63, 3.8) is 0 Å². The fraction of sp³-hybridized carbons (Fsp3) is 1.00. The van der Waals surface area contributed by atoms with Gasteiger partial charge in [-0.3, -0.25) is 4.90 Å². The van der Waals surface area contributed by atoms with Gasteiger partial charge < -0.3 is 14.0 Å². The smallest absolute Gasteiger partial charge is 0.191 e. The molecule has 1 N–H and O–H groups in total. The molecule has 0 aromatic carbocycles. The summed E-state index contributed by atoms with van der Waals surface area (Å²) in [6.45, 7) is 35.7. The van der Waals surface area contributed by atoms with Gasteiger partial charge in [0.2, 0.25) is 0 Å². The van der Waals surface area contributed by atoms with E-state index in [1.165, 1.54) is 109 Å². The monoisotopic (exact) mass is 728 g/mol. The van der Waals surface area contributed by atoms with Crippen LogP contribution in [0.25, 0.3) is 0 Å². The van der Waals surface area contributed by atoms with Crippen molar-refractivity contribution in [2.75, 3.05) is 19.8 Å². The summed E-state index contributed by atoms with van der Waals surface area (Å²) in [5.74, 6) is 0. The predicted molar refractivity (Wildman–Crippen MR) is 225 cm³/mol. The minimum atomic E-state index is -1.59. The summed E-state index contributed by atoms with van der Waals surface area (Å²) in [5.41, 5.74) is -0.464. The molecule has 0 aromatic heterocycles. The van der Waals surface area contributed by atoms with E-state index in [-0.39, 0.29) is 0 Å². The van der Waals surface area contributed by atoms with Crippen molar-refractivity contribution in [3.8, 4) is 0 Å². The van der Waals surface area contributed by atoms with E-state index in [4.69, 9.17) is 8.85 Å². The maximum atomic E-state index is 11.8. The highest BCUT2D eigenvalue weighted by Crippen LogP contribution is 2.37. The summed E-state index contributed by atoms with van der Waals surface area (Å²) in [6.07, 6.45) is 25.9. The van der Waals surface area contributed by atoms with Crippen LogP contribution in [0.3, 0.4) is 0 Å². The minimum Gasteiger partial charge on any atom is -0.417 e. The largest absolute Gasteiger partial charge is 0.417 e. The summed E-state index contributed by atoms with van der Waals surface area (Å²) in [5, 5.41) is 12.4. The Hall–Kier alpha value is 0.274. The van der Waals surface area contributed by atoms with E-state index in [2.05, 4.69) is 100 Å². The van der Waals surface area contributed by atoms with Crippen LogP contribution in [-0.4, -0.2) is 64.1 Å². The van der Waals surface area contributed by atoms with Crippen molar-refractivity contribution in [1.29, 1.82) is 0 Å². The molecular formula is C43H93NO3Si2. The third-order valence-corrected chi connectivity index (χ3v) is 21.3. The summed E-state index contributed by atoms with van der Waals surface area (Å²) in [4.78, 5) is 2.60. The Balaban J connectivity index is 4.38. The van der Waals surface area contributed by atoms with Crippen molar-refractivity contribution < 1.29 is 14.0 Å². The first-order chi connectivity index (χ1) is 22.7. The standard InChI is InChI=1S/C43H93NO3Si2/c1-39(2)44(40(3)4)36-30-29-35-43(45,33-27-23-19-15-17-21-25-31-37-46-48(11,12)41(5,6)7)34-28-24-20-16-18-22-26-32-38-47-49(13,14)42(8,9)10/h39-40,45H,15-38H2,1-14H3. The molecule has 0 saturated carbocycles. The summed E-state index contributed by atoms with van der Waals surface area (Å²) < 4.78 is 12.7. The molecule has 0 atom stereocenters. The van der Waals surface area contributed by atoms with Gasteiger partial charge in [-0.1, -0.05) is 131 Å². The van der Waals surface area contributed by atoms with Crippen LogP contribution in [0.2, 0.25) is 36.3 Å². The van der Waals surface area contributed by atoms with Crippen molar-refractivity contribution in [2.24, 2.45) is 0 Å². The lowest BCUT2D eigenvalue weighted by molar-refractivity contribution is 0.00622. The molecule has 4 nitrogen and oxygen atoms in total. The predicted octanol–water partition coefficient (Wildman–Crippen LogP) is 14.1. The second kappa shape index (κ2) is 25.3. The molecular weight excluding hydrogens is 635 g/mol. The minimum absolute atomic E-state index is 0.308. The number of unbranched alkanes of at least 4 members (excludes halogenated alkanes) is 15. The van der Waals surface area contributed by atoms with Crippen LogP contribution in [0.1, 0.15) is 204 Å². The van der Waals surface area contributed by atoms with Gasteiger partial charge in [-0.15, -0.1) is 0 Å². The van der Waals surface area contributed by atoms with Gasteiger partial charge >= 0.3 is 0 Å². The highest BCUT2D eigenvalue weighted by atomic mass is 28.4. The molecule has 0 saturated heterocycles. The molecule has 0 rings (SSSR count). The molecule has 0 bridgehead atoms. The van der Waals surface area contributed by atoms with E-state index < -0.39 is 22.2 Å². The maximum absolute atomic E-state index is 11.8. The normalized spacial score (nSPS) is 13.8. The van der Waals surface area contributed by atoms with Gasteiger partial charge in [0.1, 0.15) is 0 Å². The lowest BCUT2D eigenvalue weighted by atomic mass is 9.85. The van der Waals surface area contributed by atoms with E-state index in [0.717, 1.165) is 45.4 Å². The fourth-order valence-corrected chi connectivity index (χ4v) is 8.73. The van der Waals surface area contributed by atoms with Gasteiger partial charge in [0, 0.05) is 25.3 Å². The topological polar surface area (TPSA) is 41.9 Å². The average Bonchev–Trinajstić information content (AvgIpc) is 2.97. The highest BCUT2D eigenvalue weighted by Gasteiger charge is 2.37. The number of nitrogens with zero attached hydrogens (tertiary/aromatic N) is 1. The van der Waals surface area contributed by atoms with Crippen molar-refractivity contribution in [1.82, 2.24) is 4.90 Å². The molecule has 0 aliphatic heterocycles. The second-order valence-electron chi connectivity index (χ2n) is 19.5. The first kappa shape index (κ1) is 49.3. The molecule has 49 heavy (non-hydrogen) atoms. The molecule has 0 fully saturated rings. The molecule has 0 heterocycles. The summed E-state index contributed by atoms with van der Waals surface area (Å²) in [7, 11) is -3.18. The van der Waals surface area contributed by atoms with Crippen LogP contribution < -0.4 is 0 Å². The second-order valence-corrected chi connectivity index (χ2v) is 29.1. The summed E-state index contributed by atoms with van der Waals surface area (Å²) in [6, 6.07) is 1.18. The van der Waals surface area contributed by atoms with E-state index in [0.29, 0.717) is 22.2 Å². The van der Waals surface area contributed by atoms with Crippen molar-refractivity contribution >= 4 is 16.6 Å². The number of hydrogen-bond acceptors (Lipinski definition) is 4. The number of rotatable bonds is 31. The van der Waals surface area contributed by atoms with Gasteiger partial charge in [-0.25, -0.2) is 0 Å². The SMILES string of the molecule is CC(C)N(CCCCC(O)(CCCCCCCCCCO[Si](C)(C)C(C)(C)C)CCCCCCCCCCO[Si](C)(C)C(C)(C)C)C(C)C. The zero-order valence-corrected chi connectivity index (χ0v) is 38.3. The average molecular weight is 728 g/mol. The Bertz CT molecular complexity index is 729. The van der Waals surface area contributed by atoms with Crippen molar-refractivity contribution in [2.45, 2.75) is 258 Å². The van der Waals surface area contributed by atoms with Gasteiger partial charge in [0.05, 0.1) is 5.60 Å². The molecule has 0 radical (unpaired) electrons. The van der Waals surface area contributed by atoms with Gasteiger partial charge in [-0.05, 0) is 115 Å². The lowest BCUT2D eigenvalue weighted by Gasteiger charge is -2.36. The van der Waals surface area contributed by atoms with Crippen LogP contribution in [0.5, 0.6) is 0 Å². The Labute approximate surface area is 312 Å². The van der Waals surface area contributed by atoms with E-state index in [1.54, 1.807) is 0 Å². The summed E-state index contributed by atoms with van der Waals surface area (Å²) >= 11 is 0. The van der Waals surface area contributed by atoms with Crippen LogP contribution in [0.4, 0.5) is 0 Å². The molecule has 0 aliphatic carbocycles. The van der Waals surface area contributed by atoms with Crippen LogP contribution in [0, 0.1) is 0 Å². The van der Waals surface area contributed by atoms with Crippen LogP contribution in [0.15, 0.2) is 0 Å². The van der Waals surface area contributed by atoms with Crippen LogP contribution >= 0.6 is 0 Å². The zero-order valence-electron chi connectivity index (χ0n) is 36.3. The zero-order chi connectivity index (χ0) is 37.6. The number of aliphatic hydroxyl groups is 1. The quantitative estimate of drug-likeness (QED) is 0.0570. The van der Waals surface area contributed by atoms with E-state index in [1.807, 2.05) is 0 Å². The van der Waals surface area contributed by atoms with Gasteiger partial charge in [-0.2, -0.15) is 0 Å². The Kier molecular flexibility index (Phi) is 25.5. The van der Waals surface area contributed by atoms with Gasteiger partial charge in [0.25, 0.3) is 0 Å². The Morgan fingerprint density at radius 3 is 1.00 bits per heavy atom. The van der Waals surface area contributed by atoms with Crippen molar-refractivity contribution in [3.05, 3.63) is 0 Å². The maximum Gasteiger partial charge on any atom is 0.191 e. The molecule has 0 spiro atoms. The molecule has 296 valence electrons. The Morgan fingerprint density at radius 2 is 0.714 bits per heavy atom.